The molecule has 5 heteroatoms. The van der Waals surface area contributed by atoms with Crippen molar-refractivity contribution in [1.82, 2.24) is 10.2 Å². The van der Waals surface area contributed by atoms with Gasteiger partial charge in [-0.05, 0) is 52.6 Å². The molecule has 1 amide bonds. The van der Waals surface area contributed by atoms with Gasteiger partial charge in [-0.3, -0.25) is 0 Å². The maximum Gasteiger partial charge on any atom is 0.410 e. The lowest BCUT2D eigenvalue weighted by Gasteiger charge is -2.36. The molecular formula is C18H27FN2O2. The number of piperidine rings is 1. The van der Waals surface area contributed by atoms with Crippen molar-refractivity contribution in [1.29, 1.82) is 0 Å². The predicted molar refractivity (Wildman–Crippen MR) is 88.7 cm³/mol. The Labute approximate surface area is 138 Å². The molecular weight excluding hydrogens is 295 g/mol. The molecule has 1 aromatic carbocycles. The smallest absolute Gasteiger partial charge is 0.410 e. The van der Waals surface area contributed by atoms with E-state index in [1.165, 1.54) is 6.07 Å². The molecule has 1 aromatic rings. The molecule has 1 aliphatic rings. The molecule has 0 radical (unpaired) electrons. The molecule has 0 aliphatic carbocycles. The minimum absolute atomic E-state index is 0.0306. The minimum Gasteiger partial charge on any atom is -0.444 e. The van der Waals surface area contributed by atoms with Crippen molar-refractivity contribution in [2.24, 2.45) is 5.92 Å². The molecule has 128 valence electrons. The third kappa shape index (κ3) is 4.67. The highest BCUT2D eigenvalue weighted by atomic mass is 19.1. The Morgan fingerprint density at radius 3 is 2.43 bits per heavy atom. The summed E-state index contributed by atoms with van der Waals surface area (Å²) < 4.78 is 19.5. The summed E-state index contributed by atoms with van der Waals surface area (Å²) in [7, 11) is 1.86. The van der Waals surface area contributed by atoms with Gasteiger partial charge in [0.25, 0.3) is 0 Å². The Morgan fingerprint density at radius 1 is 1.30 bits per heavy atom. The van der Waals surface area contributed by atoms with Gasteiger partial charge in [-0.2, -0.15) is 0 Å². The molecule has 0 aromatic heterocycles. The third-order valence-electron chi connectivity index (χ3n) is 4.21. The van der Waals surface area contributed by atoms with Crippen molar-refractivity contribution in [2.75, 3.05) is 20.1 Å². The van der Waals surface area contributed by atoms with Crippen LogP contribution in [0.5, 0.6) is 0 Å². The van der Waals surface area contributed by atoms with E-state index in [-0.39, 0.29) is 18.0 Å². The largest absolute Gasteiger partial charge is 0.444 e. The molecule has 1 atom stereocenters. The van der Waals surface area contributed by atoms with Crippen LogP contribution < -0.4 is 5.32 Å². The summed E-state index contributed by atoms with van der Waals surface area (Å²) in [4.78, 5) is 13.9. The van der Waals surface area contributed by atoms with Crippen LogP contribution >= 0.6 is 0 Å². The van der Waals surface area contributed by atoms with E-state index in [1.807, 2.05) is 40.0 Å². The van der Waals surface area contributed by atoms with Gasteiger partial charge in [0.2, 0.25) is 0 Å². The van der Waals surface area contributed by atoms with Crippen LogP contribution in [-0.4, -0.2) is 36.7 Å². The molecule has 1 heterocycles. The number of nitrogens with one attached hydrogen (secondary N) is 1. The van der Waals surface area contributed by atoms with E-state index in [2.05, 4.69) is 5.32 Å². The van der Waals surface area contributed by atoms with Crippen molar-refractivity contribution in [2.45, 2.75) is 45.3 Å². The normalized spacial score (nSPS) is 17.9. The van der Waals surface area contributed by atoms with E-state index >= 15 is 0 Å². The van der Waals surface area contributed by atoms with Gasteiger partial charge < -0.3 is 15.0 Å². The van der Waals surface area contributed by atoms with Gasteiger partial charge in [-0.25, -0.2) is 9.18 Å². The second-order valence-electron chi connectivity index (χ2n) is 7.09. The van der Waals surface area contributed by atoms with Gasteiger partial charge in [0, 0.05) is 24.7 Å². The van der Waals surface area contributed by atoms with Gasteiger partial charge in [0.15, 0.2) is 0 Å². The third-order valence-corrected chi connectivity index (χ3v) is 4.21. The van der Waals surface area contributed by atoms with Crippen LogP contribution in [0.15, 0.2) is 24.3 Å². The fraction of sp³-hybridized carbons (Fsp3) is 0.611. The fourth-order valence-electron chi connectivity index (χ4n) is 3.11. The number of carbonyl (C=O) groups excluding carboxylic acids is 1. The summed E-state index contributed by atoms with van der Waals surface area (Å²) in [5.41, 5.74) is 0.222. The van der Waals surface area contributed by atoms with Gasteiger partial charge in [0.1, 0.15) is 11.4 Å². The highest BCUT2D eigenvalue weighted by Crippen LogP contribution is 2.32. The zero-order valence-corrected chi connectivity index (χ0v) is 14.4. The van der Waals surface area contributed by atoms with Crippen LogP contribution in [0.4, 0.5) is 9.18 Å². The average Bonchev–Trinajstić information content (AvgIpc) is 2.49. The van der Waals surface area contributed by atoms with Crippen molar-refractivity contribution >= 4 is 6.09 Å². The topological polar surface area (TPSA) is 41.6 Å². The van der Waals surface area contributed by atoms with Crippen LogP contribution in [0.25, 0.3) is 0 Å². The maximum absolute atomic E-state index is 14.0. The standard InChI is InChI=1S/C18H27FN2O2/c1-18(2,3)23-17(22)21-11-9-13(10-12-21)16(20-4)14-7-5-6-8-15(14)19/h5-8,13,16,20H,9-12H2,1-4H3. The molecule has 1 aliphatic heterocycles. The zero-order valence-electron chi connectivity index (χ0n) is 14.4. The first kappa shape index (κ1) is 17.7. The van der Waals surface area contributed by atoms with Crippen LogP contribution in [0, 0.1) is 11.7 Å². The first-order chi connectivity index (χ1) is 10.8. The first-order valence-corrected chi connectivity index (χ1v) is 8.21. The summed E-state index contributed by atoms with van der Waals surface area (Å²) in [6, 6.07) is 6.86. The molecule has 1 saturated heterocycles. The SMILES string of the molecule is CNC(c1ccccc1F)C1CCN(C(=O)OC(C)(C)C)CC1. The number of nitrogens with zero attached hydrogens (tertiary/aromatic N) is 1. The Morgan fingerprint density at radius 2 is 1.91 bits per heavy atom. The number of hydrogen-bond donors (Lipinski definition) is 1. The molecule has 1 N–H and O–H groups in total. The minimum atomic E-state index is -0.478. The predicted octanol–water partition coefficient (Wildman–Crippen LogP) is 3.73. The summed E-state index contributed by atoms with van der Waals surface area (Å²) in [6.07, 6.45) is 1.40. The Kier molecular flexibility index (Phi) is 5.63. The van der Waals surface area contributed by atoms with Gasteiger partial charge >= 0.3 is 6.09 Å². The number of hydrogen-bond acceptors (Lipinski definition) is 3. The van der Waals surface area contributed by atoms with E-state index in [1.54, 1.807) is 11.0 Å². The quantitative estimate of drug-likeness (QED) is 0.922. The van der Waals surface area contributed by atoms with E-state index < -0.39 is 5.60 Å². The number of halogens is 1. The first-order valence-electron chi connectivity index (χ1n) is 8.21. The summed E-state index contributed by atoms with van der Waals surface area (Å²) >= 11 is 0. The van der Waals surface area contributed by atoms with Crippen LogP contribution in [0.1, 0.15) is 45.2 Å². The van der Waals surface area contributed by atoms with Crippen LogP contribution in [0.2, 0.25) is 0 Å². The van der Waals surface area contributed by atoms with E-state index in [0.29, 0.717) is 24.6 Å². The Balaban J connectivity index is 1.98. The van der Waals surface area contributed by atoms with Crippen LogP contribution in [0.3, 0.4) is 0 Å². The van der Waals surface area contributed by atoms with Crippen molar-refractivity contribution in [3.05, 3.63) is 35.6 Å². The highest BCUT2D eigenvalue weighted by molar-refractivity contribution is 5.68. The van der Waals surface area contributed by atoms with Crippen LogP contribution in [-0.2, 0) is 4.74 Å². The molecule has 1 unspecified atom stereocenters. The lowest BCUT2D eigenvalue weighted by atomic mass is 9.85. The second kappa shape index (κ2) is 7.30. The molecule has 0 saturated carbocycles. The van der Waals surface area contributed by atoms with Gasteiger partial charge in [-0.1, -0.05) is 18.2 Å². The summed E-state index contributed by atoms with van der Waals surface area (Å²) in [5, 5.41) is 3.24. The highest BCUT2D eigenvalue weighted by Gasteiger charge is 2.31. The van der Waals surface area contributed by atoms with E-state index in [4.69, 9.17) is 4.74 Å². The monoisotopic (exact) mass is 322 g/mol. The zero-order chi connectivity index (χ0) is 17.0. The molecule has 1 fully saturated rings. The average molecular weight is 322 g/mol. The molecule has 0 spiro atoms. The maximum atomic E-state index is 14.0. The number of likely N-dealkylation sites (tertiary alicyclic amines) is 1. The second-order valence-corrected chi connectivity index (χ2v) is 7.09. The molecule has 2 rings (SSSR count). The van der Waals surface area contributed by atoms with Crippen molar-refractivity contribution < 1.29 is 13.9 Å². The number of benzene rings is 1. The Hall–Kier alpha value is -1.62. The van der Waals surface area contributed by atoms with Crippen molar-refractivity contribution in [3.63, 3.8) is 0 Å². The number of amides is 1. The Bertz CT molecular complexity index is 534. The number of ether oxygens (including phenoxy) is 1. The van der Waals surface area contributed by atoms with Crippen molar-refractivity contribution in [3.8, 4) is 0 Å². The summed E-state index contributed by atoms with van der Waals surface area (Å²) in [5.74, 6) is 0.122. The lowest BCUT2D eigenvalue weighted by Crippen LogP contribution is -2.43. The summed E-state index contributed by atoms with van der Waals surface area (Å²) in [6.45, 7) is 6.89. The van der Waals surface area contributed by atoms with E-state index in [0.717, 1.165) is 12.8 Å². The molecule has 4 nitrogen and oxygen atoms in total. The van der Waals surface area contributed by atoms with Gasteiger partial charge in [0.05, 0.1) is 0 Å². The fourth-order valence-corrected chi connectivity index (χ4v) is 3.11. The molecule has 23 heavy (non-hydrogen) atoms. The van der Waals surface area contributed by atoms with E-state index in [9.17, 15) is 9.18 Å². The lowest BCUT2D eigenvalue weighted by molar-refractivity contribution is 0.0169. The molecule has 0 bridgehead atoms. The number of carbonyl (C=O) groups is 1. The van der Waals surface area contributed by atoms with Gasteiger partial charge in [-0.15, -0.1) is 0 Å². The number of rotatable bonds is 3.